The van der Waals surface area contributed by atoms with Crippen LogP contribution in [-0.2, 0) is 5.41 Å². The van der Waals surface area contributed by atoms with Gasteiger partial charge >= 0.3 is 0 Å². The third-order valence-corrected chi connectivity index (χ3v) is 3.86. The highest BCUT2D eigenvalue weighted by atomic mass is 16.5. The summed E-state index contributed by atoms with van der Waals surface area (Å²) in [5.74, 6) is 1.47. The average molecular weight is 313 g/mol. The van der Waals surface area contributed by atoms with E-state index in [2.05, 4.69) is 19.2 Å². The lowest BCUT2D eigenvalue weighted by molar-refractivity contribution is 0.0945. The number of carbonyl (C=O) groups excluding carboxylic acids is 1. The number of benzene rings is 2. The summed E-state index contributed by atoms with van der Waals surface area (Å²) in [6, 6.07) is 14.9. The molecule has 0 saturated heterocycles. The van der Waals surface area contributed by atoms with E-state index in [9.17, 15) is 4.79 Å². The lowest BCUT2D eigenvalue weighted by Gasteiger charge is -2.28. The van der Waals surface area contributed by atoms with Crippen molar-refractivity contribution in [2.75, 3.05) is 20.8 Å². The molecule has 122 valence electrons. The van der Waals surface area contributed by atoms with Gasteiger partial charge in [-0.05, 0) is 30.3 Å². The highest BCUT2D eigenvalue weighted by molar-refractivity contribution is 5.94. The standard InChI is InChI=1S/C19H23NO3/c1-19(2,13-20-18(21)14-8-6-5-7-9-14)16-12-15(22-3)10-11-17(16)23-4/h5-12H,13H2,1-4H3,(H,20,21). The molecule has 0 aliphatic carbocycles. The Hall–Kier alpha value is -2.49. The molecular weight excluding hydrogens is 290 g/mol. The smallest absolute Gasteiger partial charge is 0.251 e. The molecule has 2 aromatic rings. The van der Waals surface area contributed by atoms with Gasteiger partial charge in [0, 0.05) is 23.1 Å². The molecule has 0 aliphatic heterocycles. The Balaban J connectivity index is 2.17. The maximum Gasteiger partial charge on any atom is 0.251 e. The van der Waals surface area contributed by atoms with Crippen LogP contribution in [0.3, 0.4) is 0 Å². The van der Waals surface area contributed by atoms with E-state index < -0.39 is 0 Å². The van der Waals surface area contributed by atoms with Crippen LogP contribution in [0.2, 0.25) is 0 Å². The van der Waals surface area contributed by atoms with Crippen molar-refractivity contribution in [3.8, 4) is 11.5 Å². The molecule has 0 unspecified atom stereocenters. The molecule has 0 saturated carbocycles. The molecule has 0 heterocycles. The van der Waals surface area contributed by atoms with E-state index >= 15 is 0 Å². The quantitative estimate of drug-likeness (QED) is 0.889. The van der Waals surface area contributed by atoms with Gasteiger partial charge in [0.2, 0.25) is 0 Å². The largest absolute Gasteiger partial charge is 0.497 e. The maximum absolute atomic E-state index is 12.2. The summed E-state index contributed by atoms with van der Waals surface area (Å²) in [7, 11) is 3.28. The molecule has 4 heteroatoms. The molecular formula is C19H23NO3. The van der Waals surface area contributed by atoms with Gasteiger partial charge in [-0.2, -0.15) is 0 Å². The minimum Gasteiger partial charge on any atom is -0.497 e. The fraction of sp³-hybridized carbons (Fsp3) is 0.316. The van der Waals surface area contributed by atoms with Crippen LogP contribution in [0.5, 0.6) is 11.5 Å². The SMILES string of the molecule is COc1ccc(OC)c(C(C)(C)CNC(=O)c2ccccc2)c1. The molecule has 0 bridgehead atoms. The molecule has 23 heavy (non-hydrogen) atoms. The van der Waals surface area contributed by atoms with Crippen molar-refractivity contribution in [1.82, 2.24) is 5.32 Å². The predicted octanol–water partition coefficient (Wildman–Crippen LogP) is 3.41. The van der Waals surface area contributed by atoms with Crippen LogP contribution in [-0.4, -0.2) is 26.7 Å². The number of amides is 1. The monoisotopic (exact) mass is 313 g/mol. The van der Waals surface area contributed by atoms with Gasteiger partial charge in [0.05, 0.1) is 14.2 Å². The highest BCUT2D eigenvalue weighted by Gasteiger charge is 2.26. The summed E-state index contributed by atoms with van der Waals surface area (Å²) < 4.78 is 10.8. The van der Waals surface area contributed by atoms with Gasteiger partial charge < -0.3 is 14.8 Å². The van der Waals surface area contributed by atoms with E-state index in [4.69, 9.17) is 9.47 Å². The van der Waals surface area contributed by atoms with Crippen LogP contribution in [0.1, 0.15) is 29.8 Å². The van der Waals surface area contributed by atoms with Gasteiger partial charge in [0.15, 0.2) is 0 Å². The third kappa shape index (κ3) is 4.03. The van der Waals surface area contributed by atoms with E-state index in [0.29, 0.717) is 12.1 Å². The Bertz CT molecular complexity index is 666. The molecule has 0 atom stereocenters. The number of methoxy groups -OCH3 is 2. The van der Waals surface area contributed by atoms with E-state index in [0.717, 1.165) is 17.1 Å². The van der Waals surface area contributed by atoms with E-state index in [1.54, 1.807) is 26.4 Å². The number of rotatable bonds is 6. The molecule has 0 aromatic heterocycles. The lowest BCUT2D eigenvalue weighted by Crippen LogP contribution is -2.37. The molecule has 0 spiro atoms. The van der Waals surface area contributed by atoms with Gasteiger partial charge in [-0.25, -0.2) is 0 Å². The van der Waals surface area contributed by atoms with Crippen molar-refractivity contribution in [3.05, 3.63) is 59.7 Å². The van der Waals surface area contributed by atoms with Gasteiger partial charge in [-0.15, -0.1) is 0 Å². The summed E-state index contributed by atoms with van der Waals surface area (Å²) in [6.07, 6.45) is 0. The average Bonchev–Trinajstić information content (AvgIpc) is 2.59. The topological polar surface area (TPSA) is 47.6 Å². The molecule has 1 amide bonds. The molecule has 0 aliphatic rings. The first-order chi connectivity index (χ1) is 11.0. The van der Waals surface area contributed by atoms with Gasteiger partial charge in [0.25, 0.3) is 5.91 Å². The van der Waals surface area contributed by atoms with E-state index in [1.165, 1.54) is 0 Å². The molecule has 2 rings (SSSR count). The van der Waals surface area contributed by atoms with Crippen LogP contribution in [0.4, 0.5) is 0 Å². The molecule has 1 N–H and O–H groups in total. The van der Waals surface area contributed by atoms with Crippen molar-refractivity contribution in [3.63, 3.8) is 0 Å². The Kier molecular flexibility index (Phi) is 5.27. The lowest BCUT2D eigenvalue weighted by atomic mass is 9.83. The second kappa shape index (κ2) is 7.18. The third-order valence-electron chi connectivity index (χ3n) is 3.86. The van der Waals surface area contributed by atoms with E-state index in [-0.39, 0.29) is 11.3 Å². The van der Waals surface area contributed by atoms with Gasteiger partial charge in [0.1, 0.15) is 11.5 Å². The number of carbonyl (C=O) groups is 1. The number of ether oxygens (including phenoxy) is 2. The Morgan fingerprint density at radius 2 is 1.74 bits per heavy atom. The van der Waals surface area contributed by atoms with Crippen molar-refractivity contribution in [1.29, 1.82) is 0 Å². The Morgan fingerprint density at radius 3 is 2.35 bits per heavy atom. The molecule has 0 radical (unpaired) electrons. The molecule has 2 aromatic carbocycles. The first kappa shape index (κ1) is 16.9. The van der Waals surface area contributed by atoms with Gasteiger partial charge in [-0.3, -0.25) is 4.79 Å². The molecule has 0 fully saturated rings. The van der Waals surface area contributed by atoms with Crippen molar-refractivity contribution in [2.24, 2.45) is 0 Å². The van der Waals surface area contributed by atoms with Crippen LogP contribution < -0.4 is 14.8 Å². The fourth-order valence-electron chi connectivity index (χ4n) is 2.43. The first-order valence-corrected chi connectivity index (χ1v) is 7.53. The van der Waals surface area contributed by atoms with E-state index in [1.807, 2.05) is 36.4 Å². The highest BCUT2D eigenvalue weighted by Crippen LogP contribution is 2.34. The number of hydrogen-bond donors (Lipinski definition) is 1. The normalized spacial score (nSPS) is 11.0. The molecule has 4 nitrogen and oxygen atoms in total. The Morgan fingerprint density at radius 1 is 1.04 bits per heavy atom. The summed E-state index contributed by atoms with van der Waals surface area (Å²) >= 11 is 0. The minimum atomic E-state index is -0.301. The van der Waals surface area contributed by atoms with Crippen LogP contribution in [0.25, 0.3) is 0 Å². The summed E-state index contributed by atoms with van der Waals surface area (Å²) in [5.41, 5.74) is 1.35. The van der Waals surface area contributed by atoms with Crippen molar-refractivity contribution in [2.45, 2.75) is 19.3 Å². The zero-order valence-electron chi connectivity index (χ0n) is 14.1. The predicted molar refractivity (Wildman–Crippen MR) is 91.3 cm³/mol. The second-order valence-corrected chi connectivity index (χ2v) is 6.00. The zero-order chi connectivity index (χ0) is 16.9. The maximum atomic E-state index is 12.2. The zero-order valence-corrected chi connectivity index (χ0v) is 14.1. The summed E-state index contributed by atoms with van der Waals surface area (Å²) in [5, 5.41) is 2.99. The van der Waals surface area contributed by atoms with Gasteiger partial charge in [-0.1, -0.05) is 32.0 Å². The second-order valence-electron chi connectivity index (χ2n) is 6.00. The van der Waals surface area contributed by atoms with Crippen molar-refractivity contribution >= 4 is 5.91 Å². The van der Waals surface area contributed by atoms with Crippen LogP contribution in [0.15, 0.2) is 48.5 Å². The van der Waals surface area contributed by atoms with Crippen LogP contribution in [0, 0.1) is 0 Å². The fourth-order valence-corrected chi connectivity index (χ4v) is 2.43. The summed E-state index contributed by atoms with van der Waals surface area (Å²) in [4.78, 5) is 12.2. The minimum absolute atomic E-state index is 0.0828. The number of hydrogen-bond acceptors (Lipinski definition) is 3. The number of nitrogens with one attached hydrogen (secondary N) is 1. The van der Waals surface area contributed by atoms with Crippen molar-refractivity contribution < 1.29 is 14.3 Å². The first-order valence-electron chi connectivity index (χ1n) is 7.53. The Labute approximate surface area is 137 Å². The van der Waals surface area contributed by atoms with Crippen LogP contribution >= 0.6 is 0 Å². The summed E-state index contributed by atoms with van der Waals surface area (Å²) in [6.45, 7) is 4.62.